The van der Waals surface area contributed by atoms with Gasteiger partial charge in [-0.15, -0.1) is 11.8 Å². The van der Waals surface area contributed by atoms with Crippen molar-refractivity contribution < 1.29 is 14.2 Å². The highest BCUT2D eigenvalue weighted by atomic mass is 32.2. The lowest BCUT2D eigenvalue weighted by molar-refractivity contribution is -0.0424. The molecule has 2 N–H and O–H groups in total. The molecule has 0 spiro atoms. The Balaban J connectivity index is 2.00. The minimum Gasteiger partial charge on any atom is -0.383 e. The summed E-state index contributed by atoms with van der Waals surface area (Å²) in [4.78, 5) is 12.6. The molecule has 0 radical (unpaired) electrons. The smallest absolute Gasteiger partial charge is 0.166 e. The Hall–Kier alpha value is -1.42. The zero-order valence-corrected chi connectivity index (χ0v) is 13.5. The van der Waals surface area contributed by atoms with E-state index in [0.717, 1.165) is 0 Å². The molecule has 8 nitrogen and oxygen atoms in total. The van der Waals surface area contributed by atoms with Crippen LogP contribution in [0.2, 0.25) is 0 Å². The summed E-state index contributed by atoms with van der Waals surface area (Å²) in [5, 5.41) is 0.149. The Morgan fingerprint density at radius 2 is 1.95 bits per heavy atom. The van der Waals surface area contributed by atoms with E-state index >= 15 is 0 Å². The Bertz CT molecular complexity index is 652. The summed E-state index contributed by atoms with van der Waals surface area (Å²) in [7, 11) is 5.05. The van der Waals surface area contributed by atoms with Crippen LogP contribution < -0.4 is 5.73 Å². The first-order valence-corrected chi connectivity index (χ1v) is 7.78. The molecule has 120 valence electrons. The zero-order valence-electron chi connectivity index (χ0n) is 12.7. The maximum Gasteiger partial charge on any atom is 0.166 e. The van der Waals surface area contributed by atoms with E-state index in [2.05, 4.69) is 15.0 Å². The highest BCUT2D eigenvalue weighted by molar-refractivity contribution is 8.00. The van der Waals surface area contributed by atoms with E-state index < -0.39 is 0 Å². The molecule has 1 fully saturated rings. The molecule has 3 heterocycles. The van der Waals surface area contributed by atoms with Crippen LogP contribution in [0.3, 0.4) is 0 Å². The molecular formula is C13H19N5O3S. The molecule has 0 aliphatic carbocycles. The number of aromatic nitrogens is 4. The number of anilines is 1. The van der Waals surface area contributed by atoms with Gasteiger partial charge in [0.2, 0.25) is 0 Å². The van der Waals surface area contributed by atoms with Crippen molar-refractivity contribution in [1.82, 2.24) is 19.5 Å². The lowest BCUT2D eigenvalue weighted by atomic mass is 10.1. The van der Waals surface area contributed by atoms with E-state index in [1.54, 1.807) is 39.4 Å². The van der Waals surface area contributed by atoms with Gasteiger partial charge in [-0.3, -0.25) is 4.57 Å². The number of thioether (sulfide) groups is 1. The largest absolute Gasteiger partial charge is 0.383 e. The van der Waals surface area contributed by atoms with Gasteiger partial charge >= 0.3 is 0 Å². The number of ether oxygens (including phenoxy) is 3. The first-order chi connectivity index (χ1) is 10.7. The maximum absolute atomic E-state index is 5.85. The number of hydrogen-bond acceptors (Lipinski definition) is 8. The second-order valence-corrected chi connectivity index (χ2v) is 6.36. The van der Waals surface area contributed by atoms with Gasteiger partial charge in [-0.05, 0) is 0 Å². The SMILES string of the molecule is COC[C@H]1S[C@@H](n2cnc3c(N)ncnc32)[C@@H](OC)C1OC. The highest BCUT2D eigenvalue weighted by Gasteiger charge is 2.46. The molecule has 1 aliphatic rings. The molecule has 0 bridgehead atoms. The molecule has 22 heavy (non-hydrogen) atoms. The Morgan fingerprint density at radius 1 is 1.18 bits per heavy atom. The van der Waals surface area contributed by atoms with Gasteiger partial charge < -0.3 is 19.9 Å². The number of rotatable bonds is 5. The molecule has 2 aromatic rings. The van der Waals surface area contributed by atoms with Gasteiger partial charge in [0.25, 0.3) is 0 Å². The standard InChI is InChI=1S/C13H19N5O3S/c1-19-4-7-9(20-2)10(21-3)13(22-7)18-6-17-8-11(14)15-5-16-12(8)18/h5-7,9-10,13H,4H2,1-3H3,(H2,14,15,16)/t7-,9?,10+,13-/m1/s1. The second-order valence-electron chi connectivity index (χ2n) is 5.00. The van der Waals surface area contributed by atoms with Crippen LogP contribution in [0.1, 0.15) is 5.37 Å². The highest BCUT2D eigenvalue weighted by Crippen LogP contribution is 2.45. The van der Waals surface area contributed by atoms with Gasteiger partial charge in [0, 0.05) is 21.3 Å². The number of hydrogen-bond donors (Lipinski definition) is 1. The van der Waals surface area contributed by atoms with Crippen LogP contribution in [0.25, 0.3) is 11.2 Å². The van der Waals surface area contributed by atoms with Crippen molar-refractivity contribution >= 4 is 28.7 Å². The Labute approximate surface area is 132 Å². The lowest BCUT2D eigenvalue weighted by Crippen LogP contribution is -2.36. The van der Waals surface area contributed by atoms with E-state index in [4.69, 9.17) is 19.9 Å². The van der Waals surface area contributed by atoms with Crippen molar-refractivity contribution in [1.29, 1.82) is 0 Å². The summed E-state index contributed by atoms with van der Waals surface area (Å²) in [5.74, 6) is 0.373. The zero-order chi connectivity index (χ0) is 15.7. The molecule has 1 aliphatic heterocycles. The van der Waals surface area contributed by atoms with Crippen LogP contribution in [-0.2, 0) is 14.2 Å². The third-order valence-corrected chi connectivity index (χ3v) is 5.35. The van der Waals surface area contributed by atoms with Crippen molar-refractivity contribution in [2.24, 2.45) is 0 Å². The Morgan fingerprint density at radius 3 is 2.64 bits per heavy atom. The molecular weight excluding hydrogens is 306 g/mol. The van der Waals surface area contributed by atoms with E-state index in [-0.39, 0.29) is 22.8 Å². The molecule has 3 rings (SSSR count). The normalized spacial score (nSPS) is 28.5. The molecule has 0 saturated carbocycles. The van der Waals surface area contributed by atoms with Gasteiger partial charge in [0.1, 0.15) is 29.4 Å². The summed E-state index contributed by atoms with van der Waals surface area (Å²) in [6, 6.07) is 0. The minimum atomic E-state index is -0.135. The van der Waals surface area contributed by atoms with E-state index in [1.165, 1.54) is 6.33 Å². The molecule has 9 heteroatoms. The summed E-state index contributed by atoms with van der Waals surface area (Å²) in [6.07, 6.45) is 2.96. The van der Waals surface area contributed by atoms with Crippen molar-refractivity contribution in [3.63, 3.8) is 0 Å². The van der Waals surface area contributed by atoms with Crippen LogP contribution in [0.15, 0.2) is 12.7 Å². The monoisotopic (exact) mass is 325 g/mol. The number of nitrogens with two attached hydrogens (primary N) is 1. The van der Waals surface area contributed by atoms with Crippen molar-refractivity contribution in [2.75, 3.05) is 33.7 Å². The van der Waals surface area contributed by atoms with Gasteiger partial charge in [-0.2, -0.15) is 0 Å². The number of nitrogen functional groups attached to an aromatic ring is 1. The molecule has 0 aromatic carbocycles. The quantitative estimate of drug-likeness (QED) is 0.858. The third kappa shape index (κ3) is 2.43. The summed E-state index contributed by atoms with van der Waals surface area (Å²) >= 11 is 1.73. The van der Waals surface area contributed by atoms with Crippen LogP contribution in [-0.4, -0.2) is 64.9 Å². The van der Waals surface area contributed by atoms with Crippen molar-refractivity contribution in [2.45, 2.75) is 22.8 Å². The van der Waals surface area contributed by atoms with Crippen molar-refractivity contribution in [3.05, 3.63) is 12.7 Å². The van der Waals surface area contributed by atoms with E-state index in [0.29, 0.717) is 23.6 Å². The van der Waals surface area contributed by atoms with E-state index in [1.807, 2.05) is 4.57 Å². The molecule has 2 aromatic heterocycles. The van der Waals surface area contributed by atoms with Gasteiger partial charge in [-0.1, -0.05) is 0 Å². The van der Waals surface area contributed by atoms with Crippen LogP contribution in [0.4, 0.5) is 5.82 Å². The average molecular weight is 325 g/mol. The predicted molar refractivity (Wildman–Crippen MR) is 83.6 cm³/mol. The van der Waals surface area contributed by atoms with Crippen LogP contribution >= 0.6 is 11.8 Å². The van der Waals surface area contributed by atoms with Gasteiger partial charge in [-0.25, -0.2) is 15.0 Å². The summed E-state index contributed by atoms with van der Waals surface area (Å²) in [5.41, 5.74) is 7.15. The van der Waals surface area contributed by atoms with Gasteiger partial charge in [0.05, 0.1) is 18.2 Å². The molecule has 1 saturated heterocycles. The summed E-state index contributed by atoms with van der Waals surface area (Å²) in [6.45, 7) is 0.587. The lowest BCUT2D eigenvalue weighted by Gasteiger charge is -2.23. The molecule has 4 atom stereocenters. The number of fused-ring (bicyclic) bond motifs is 1. The maximum atomic E-state index is 5.85. The predicted octanol–water partition coefficient (Wildman–Crippen LogP) is 0.699. The minimum absolute atomic E-state index is 0.0191. The molecule has 0 amide bonds. The summed E-state index contributed by atoms with van der Waals surface area (Å²) < 4.78 is 18.6. The van der Waals surface area contributed by atoms with Gasteiger partial charge in [0.15, 0.2) is 11.5 Å². The number of imidazole rings is 1. The Kier molecular flexibility index (Phi) is 4.48. The fourth-order valence-electron chi connectivity index (χ4n) is 2.82. The third-order valence-electron chi connectivity index (χ3n) is 3.82. The van der Waals surface area contributed by atoms with E-state index in [9.17, 15) is 0 Å². The fraction of sp³-hybridized carbons (Fsp3) is 0.615. The van der Waals surface area contributed by atoms with Crippen LogP contribution in [0, 0.1) is 0 Å². The average Bonchev–Trinajstić information content (AvgIpc) is 3.09. The van der Waals surface area contributed by atoms with Crippen molar-refractivity contribution in [3.8, 4) is 0 Å². The number of nitrogens with zero attached hydrogens (tertiary/aromatic N) is 4. The topological polar surface area (TPSA) is 97.3 Å². The first-order valence-electron chi connectivity index (χ1n) is 6.84. The fourth-order valence-corrected chi connectivity index (χ4v) is 4.52. The first kappa shape index (κ1) is 15.5. The van der Waals surface area contributed by atoms with Crippen LogP contribution in [0.5, 0.6) is 0 Å². The molecule has 1 unspecified atom stereocenters. The second kappa shape index (κ2) is 6.37. The number of methoxy groups -OCH3 is 3.